The maximum atomic E-state index is 13.5. The van der Waals surface area contributed by atoms with Gasteiger partial charge in [-0.15, -0.1) is 0 Å². The molecule has 1 aromatic heterocycles. The number of hydrogen-bond acceptors (Lipinski definition) is 3. The van der Waals surface area contributed by atoms with Crippen LogP contribution in [0.4, 0.5) is 14.6 Å². The molecule has 20 heavy (non-hydrogen) atoms. The second kappa shape index (κ2) is 5.03. The number of rotatable bonds is 4. The van der Waals surface area contributed by atoms with Crippen LogP contribution in [0, 0.1) is 11.6 Å². The Balaban J connectivity index is 1.76. The Morgan fingerprint density at radius 3 is 2.80 bits per heavy atom. The molecule has 2 N–H and O–H groups in total. The first kappa shape index (κ1) is 12.8. The van der Waals surface area contributed by atoms with Gasteiger partial charge in [-0.3, -0.25) is 4.79 Å². The lowest BCUT2D eigenvalue weighted by Gasteiger charge is -2.08. The van der Waals surface area contributed by atoms with Crippen LogP contribution >= 0.6 is 0 Å². The van der Waals surface area contributed by atoms with Crippen LogP contribution in [0.2, 0.25) is 0 Å². The molecule has 0 saturated heterocycles. The van der Waals surface area contributed by atoms with E-state index in [9.17, 15) is 13.6 Å². The highest BCUT2D eigenvalue weighted by molar-refractivity contribution is 5.35. The van der Waals surface area contributed by atoms with Crippen molar-refractivity contribution in [3.8, 4) is 0 Å². The maximum absolute atomic E-state index is 13.5. The van der Waals surface area contributed by atoms with Gasteiger partial charge in [0.2, 0.25) is 0 Å². The Morgan fingerprint density at radius 2 is 2.10 bits per heavy atom. The monoisotopic (exact) mass is 277 g/mol. The summed E-state index contributed by atoms with van der Waals surface area (Å²) in [7, 11) is 0. The van der Waals surface area contributed by atoms with Crippen LogP contribution in [0.5, 0.6) is 0 Å². The minimum absolute atomic E-state index is 0.146. The van der Waals surface area contributed by atoms with Gasteiger partial charge in [0, 0.05) is 30.2 Å². The van der Waals surface area contributed by atoms with Crippen molar-refractivity contribution in [1.29, 1.82) is 0 Å². The predicted octanol–water partition coefficient (Wildman–Crippen LogP) is 2.54. The summed E-state index contributed by atoms with van der Waals surface area (Å²) in [6.45, 7) is 0.146. The Bertz CT molecular complexity index is 695. The molecule has 1 aromatic carbocycles. The van der Waals surface area contributed by atoms with E-state index in [2.05, 4.69) is 15.3 Å². The molecule has 2 aromatic rings. The van der Waals surface area contributed by atoms with Gasteiger partial charge in [-0.2, -0.15) is 0 Å². The quantitative estimate of drug-likeness (QED) is 0.903. The number of anilines is 1. The lowest BCUT2D eigenvalue weighted by atomic mass is 10.2. The molecule has 1 heterocycles. The third-order valence-corrected chi connectivity index (χ3v) is 3.20. The SMILES string of the molecule is O=c1cc(NCc2ccc(F)cc2F)nc(C2CC2)[nH]1. The van der Waals surface area contributed by atoms with Gasteiger partial charge in [-0.1, -0.05) is 6.07 Å². The predicted molar refractivity (Wildman–Crippen MR) is 70.5 cm³/mol. The maximum Gasteiger partial charge on any atom is 0.252 e. The summed E-state index contributed by atoms with van der Waals surface area (Å²) in [5.74, 6) is 0.160. The summed E-state index contributed by atoms with van der Waals surface area (Å²) >= 11 is 0. The molecule has 104 valence electrons. The number of nitrogens with zero attached hydrogens (tertiary/aromatic N) is 1. The van der Waals surface area contributed by atoms with Crippen LogP contribution in [-0.2, 0) is 6.54 Å². The molecule has 0 atom stereocenters. The number of aromatic amines is 1. The Labute approximate surface area is 113 Å². The third kappa shape index (κ3) is 2.84. The highest BCUT2D eigenvalue weighted by Gasteiger charge is 2.26. The van der Waals surface area contributed by atoms with Gasteiger partial charge in [-0.05, 0) is 18.9 Å². The van der Waals surface area contributed by atoms with E-state index in [0.717, 1.165) is 18.9 Å². The molecule has 0 amide bonds. The number of H-pyrrole nitrogens is 1. The van der Waals surface area contributed by atoms with E-state index >= 15 is 0 Å². The highest BCUT2D eigenvalue weighted by Crippen LogP contribution is 2.37. The van der Waals surface area contributed by atoms with Gasteiger partial charge < -0.3 is 10.3 Å². The fraction of sp³-hybridized carbons (Fsp3) is 0.286. The number of aromatic nitrogens is 2. The summed E-state index contributed by atoms with van der Waals surface area (Å²) in [6.07, 6.45) is 2.05. The molecule has 0 spiro atoms. The number of nitrogens with one attached hydrogen (secondary N) is 2. The Morgan fingerprint density at radius 1 is 1.30 bits per heavy atom. The summed E-state index contributed by atoms with van der Waals surface area (Å²) in [5, 5.41) is 2.89. The first-order valence-corrected chi connectivity index (χ1v) is 6.41. The minimum atomic E-state index is -0.621. The van der Waals surface area contributed by atoms with Gasteiger partial charge in [0.05, 0.1) is 0 Å². The van der Waals surface area contributed by atoms with Crippen LogP contribution in [0.1, 0.15) is 30.1 Å². The fourth-order valence-corrected chi connectivity index (χ4v) is 1.97. The molecule has 1 fully saturated rings. The van der Waals surface area contributed by atoms with E-state index in [1.807, 2.05) is 0 Å². The van der Waals surface area contributed by atoms with E-state index in [1.165, 1.54) is 18.2 Å². The van der Waals surface area contributed by atoms with Crippen molar-refractivity contribution in [2.45, 2.75) is 25.3 Å². The van der Waals surface area contributed by atoms with Crippen LogP contribution in [0.15, 0.2) is 29.1 Å². The average molecular weight is 277 g/mol. The van der Waals surface area contributed by atoms with Crippen LogP contribution in [-0.4, -0.2) is 9.97 Å². The minimum Gasteiger partial charge on any atom is -0.366 e. The largest absolute Gasteiger partial charge is 0.366 e. The van der Waals surface area contributed by atoms with Crippen molar-refractivity contribution >= 4 is 5.82 Å². The zero-order chi connectivity index (χ0) is 14.1. The molecule has 6 heteroatoms. The highest BCUT2D eigenvalue weighted by atomic mass is 19.1. The van der Waals surface area contributed by atoms with Crippen molar-refractivity contribution < 1.29 is 8.78 Å². The normalized spacial score (nSPS) is 14.3. The summed E-state index contributed by atoms with van der Waals surface area (Å²) in [6, 6.07) is 4.72. The van der Waals surface area contributed by atoms with Crippen molar-refractivity contribution in [3.63, 3.8) is 0 Å². The van der Waals surface area contributed by atoms with Crippen molar-refractivity contribution in [1.82, 2.24) is 9.97 Å². The van der Waals surface area contributed by atoms with Crippen LogP contribution in [0.3, 0.4) is 0 Å². The van der Waals surface area contributed by atoms with Crippen molar-refractivity contribution in [3.05, 3.63) is 57.6 Å². The smallest absolute Gasteiger partial charge is 0.252 e. The van der Waals surface area contributed by atoms with Gasteiger partial charge in [0.1, 0.15) is 23.3 Å². The van der Waals surface area contributed by atoms with Gasteiger partial charge >= 0.3 is 0 Å². The van der Waals surface area contributed by atoms with E-state index in [0.29, 0.717) is 23.1 Å². The molecule has 0 bridgehead atoms. The first-order chi connectivity index (χ1) is 9.61. The zero-order valence-electron chi connectivity index (χ0n) is 10.6. The van der Waals surface area contributed by atoms with Crippen molar-refractivity contribution in [2.24, 2.45) is 0 Å². The molecule has 4 nitrogen and oxygen atoms in total. The molecule has 3 rings (SSSR count). The second-order valence-electron chi connectivity index (χ2n) is 4.88. The average Bonchev–Trinajstić information content (AvgIpc) is 3.21. The molecular formula is C14H13F2N3O. The molecule has 0 radical (unpaired) electrons. The molecule has 1 aliphatic carbocycles. The molecule has 1 saturated carbocycles. The van der Waals surface area contributed by atoms with Gasteiger partial charge in [0.15, 0.2) is 0 Å². The fourth-order valence-electron chi connectivity index (χ4n) is 1.97. The van der Waals surface area contributed by atoms with E-state index in [4.69, 9.17) is 0 Å². The number of hydrogen-bond donors (Lipinski definition) is 2. The molecule has 0 aliphatic heterocycles. The lowest BCUT2D eigenvalue weighted by Crippen LogP contribution is -2.13. The van der Waals surface area contributed by atoms with Gasteiger partial charge in [-0.25, -0.2) is 13.8 Å². The summed E-state index contributed by atoms with van der Waals surface area (Å²) < 4.78 is 26.3. The zero-order valence-corrected chi connectivity index (χ0v) is 10.6. The van der Waals surface area contributed by atoms with Crippen LogP contribution < -0.4 is 10.9 Å². The Kier molecular flexibility index (Phi) is 3.22. The third-order valence-electron chi connectivity index (χ3n) is 3.20. The summed E-state index contributed by atoms with van der Waals surface area (Å²) in [5.41, 5.74) is 0.0884. The second-order valence-corrected chi connectivity index (χ2v) is 4.88. The Hall–Kier alpha value is -2.24. The lowest BCUT2D eigenvalue weighted by molar-refractivity contribution is 0.574. The van der Waals surface area contributed by atoms with E-state index in [-0.39, 0.29) is 12.1 Å². The standard InChI is InChI=1S/C14H13F2N3O/c15-10-4-3-9(11(16)5-10)7-17-12-6-13(20)19-14(18-12)8-1-2-8/h3-6,8H,1-2,7H2,(H2,17,18,19,20). The van der Waals surface area contributed by atoms with Gasteiger partial charge in [0.25, 0.3) is 5.56 Å². The topological polar surface area (TPSA) is 57.8 Å². The number of halogens is 2. The molecule has 1 aliphatic rings. The molecule has 0 unspecified atom stereocenters. The van der Waals surface area contributed by atoms with Crippen LogP contribution in [0.25, 0.3) is 0 Å². The van der Waals surface area contributed by atoms with Crippen molar-refractivity contribution in [2.75, 3.05) is 5.32 Å². The molecular weight excluding hydrogens is 264 g/mol. The van der Waals surface area contributed by atoms with E-state index in [1.54, 1.807) is 0 Å². The summed E-state index contributed by atoms with van der Waals surface area (Å²) in [4.78, 5) is 18.5. The first-order valence-electron chi connectivity index (χ1n) is 6.41. The number of benzene rings is 1. The van der Waals surface area contributed by atoms with E-state index < -0.39 is 11.6 Å².